The maximum absolute atomic E-state index is 13.9. The van der Waals surface area contributed by atoms with Gasteiger partial charge in [-0.25, -0.2) is 13.2 Å². The highest BCUT2D eigenvalue weighted by atomic mass is 32.3. The van der Waals surface area contributed by atoms with Gasteiger partial charge in [0.15, 0.2) is 0 Å². The number of methoxy groups -OCH3 is 1. The summed E-state index contributed by atoms with van der Waals surface area (Å²) in [5.41, 5.74) is 5.56. The zero-order chi connectivity index (χ0) is 29.1. The zero-order valence-electron chi connectivity index (χ0n) is 21.6. The second-order valence-corrected chi connectivity index (χ2v) is 14.5. The summed E-state index contributed by atoms with van der Waals surface area (Å²) in [6.45, 7) is 2.05. The lowest BCUT2D eigenvalue weighted by molar-refractivity contribution is 0.0922. The van der Waals surface area contributed by atoms with Gasteiger partial charge in [0.25, 0.3) is 15.9 Å². The van der Waals surface area contributed by atoms with Crippen molar-refractivity contribution in [2.75, 3.05) is 18.0 Å². The number of rotatable bonds is 5. The highest BCUT2D eigenvalue weighted by molar-refractivity contribution is 8.21. The molecule has 0 aromatic heterocycles. The Morgan fingerprint density at radius 2 is 2.02 bits per heavy atom. The Kier molecular flexibility index (Phi) is 9.12. The molecule has 12 nitrogen and oxygen atoms in total. The molecular weight excluding hydrogens is 629 g/mol. The molecule has 41 heavy (non-hydrogen) atoms. The maximum Gasteiger partial charge on any atom is 0.430 e. The van der Waals surface area contributed by atoms with Crippen LogP contribution in [0.5, 0.6) is 5.75 Å². The number of hydrazine groups is 1. The molecule has 3 N–H and O–H groups in total. The molecule has 2 heterocycles. The number of carbonyl (C=O) groups is 2. The van der Waals surface area contributed by atoms with Crippen LogP contribution in [0.1, 0.15) is 27.9 Å². The molecule has 1 aliphatic carbocycles. The van der Waals surface area contributed by atoms with E-state index in [1.165, 1.54) is 15.2 Å². The van der Waals surface area contributed by atoms with Crippen LogP contribution in [-0.4, -0.2) is 52.4 Å². The van der Waals surface area contributed by atoms with Gasteiger partial charge in [0, 0.05) is 12.1 Å². The van der Waals surface area contributed by atoms with E-state index in [1.54, 1.807) is 61.5 Å². The minimum Gasteiger partial charge on any atom is -0.495 e. The third-order valence-electron chi connectivity index (χ3n) is 6.04. The predicted octanol–water partition coefficient (Wildman–Crippen LogP) is 4.91. The fourth-order valence-corrected chi connectivity index (χ4v) is 9.17. The number of sulfonamides is 1. The number of nitrogens with zero attached hydrogens (tertiary/aromatic N) is 4. The standard InChI is InChI=1S/C24H24N6O6S5/c1-15-8-11-20(36-2)22(13-15)41(34,35)28-12-4-5-16-9-10-17(14-19(16)28)23(31)25-30-37-21-7-3-6-18(21)26-38-27-39-29(40-30)24(32)33/h3,6-11,13-14,27H,4-5,12H2,1-2H3,(H,25,31)(H,32,33)/b26-18+. The fourth-order valence-electron chi connectivity index (χ4n) is 4.16. The van der Waals surface area contributed by atoms with Gasteiger partial charge in [-0.1, -0.05) is 22.0 Å². The van der Waals surface area contributed by atoms with Crippen molar-refractivity contribution in [2.24, 2.45) is 4.40 Å². The SMILES string of the molecule is COc1ccc(C)cc1S(=O)(=O)N1CCCc2ccc(C(=O)NN3SC4=CC=C/C4=N\SNSN(C(=O)O)S3)cc21. The minimum absolute atomic E-state index is 0.0528. The second-order valence-electron chi connectivity index (χ2n) is 8.72. The maximum atomic E-state index is 13.9. The number of carbonyl (C=O) groups excluding carboxylic acids is 1. The first-order valence-electron chi connectivity index (χ1n) is 12.0. The van der Waals surface area contributed by atoms with Gasteiger partial charge >= 0.3 is 6.09 Å². The van der Waals surface area contributed by atoms with Crippen LogP contribution < -0.4 is 18.6 Å². The van der Waals surface area contributed by atoms with Gasteiger partial charge in [0.2, 0.25) is 0 Å². The number of hydrogen-bond acceptors (Lipinski definition) is 12. The molecule has 2 aromatic carbocycles. The smallest absolute Gasteiger partial charge is 0.430 e. The molecule has 0 fully saturated rings. The molecule has 2 aliphatic heterocycles. The van der Waals surface area contributed by atoms with Crippen LogP contribution in [0.3, 0.4) is 0 Å². The monoisotopic (exact) mass is 652 g/mol. The first-order valence-corrected chi connectivity index (χ1v) is 16.5. The van der Waals surface area contributed by atoms with E-state index in [0.717, 1.165) is 63.2 Å². The number of anilines is 1. The van der Waals surface area contributed by atoms with Crippen LogP contribution >= 0.6 is 48.3 Å². The summed E-state index contributed by atoms with van der Waals surface area (Å²) in [5, 5.41) is 9.61. The topological polar surface area (TPSA) is 144 Å². The molecule has 5 rings (SSSR count). The predicted molar refractivity (Wildman–Crippen MR) is 164 cm³/mol. The van der Waals surface area contributed by atoms with E-state index in [2.05, 4.69) is 14.0 Å². The lowest BCUT2D eigenvalue weighted by atomic mass is 10.0. The third kappa shape index (κ3) is 6.50. The van der Waals surface area contributed by atoms with E-state index in [1.807, 2.05) is 0 Å². The number of amides is 2. The first kappa shape index (κ1) is 29.7. The van der Waals surface area contributed by atoms with Crippen LogP contribution in [0.25, 0.3) is 0 Å². The Labute approximate surface area is 254 Å². The summed E-state index contributed by atoms with van der Waals surface area (Å²) in [5.74, 6) is -0.314. The number of benzene rings is 2. The number of ether oxygens (including phenoxy) is 1. The molecule has 2 aromatic rings. The van der Waals surface area contributed by atoms with Gasteiger partial charge < -0.3 is 9.84 Å². The van der Waals surface area contributed by atoms with E-state index >= 15 is 0 Å². The van der Waals surface area contributed by atoms with Gasteiger partial charge in [-0.05, 0) is 79.3 Å². The number of allylic oxidation sites excluding steroid dienone is 4. The molecule has 0 radical (unpaired) electrons. The van der Waals surface area contributed by atoms with Crippen LogP contribution in [0.2, 0.25) is 0 Å². The van der Waals surface area contributed by atoms with Crippen molar-refractivity contribution in [1.29, 1.82) is 0 Å². The van der Waals surface area contributed by atoms with Crippen molar-refractivity contribution < 1.29 is 27.9 Å². The Balaban J connectivity index is 1.44. The van der Waals surface area contributed by atoms with Gasteiger partial charge in [-0.15, -0.1) is 0 Å². The third-order valence-corrected chi connectivity index (χ3v) is 11.3. The van der Waals surface area contributed by atoms with Crippen molar-refractivity contribution >= 4 is 81.8 Å². The molecule has 216 valence electrons. The highest BCUT2D eigenvalue weighted by Gasteiger charge is 2.33. The molecular formula is C24H24N6O6S5. The summed E-state index contributed by atoms with van der Waals surface area (Å²) < 4.78 is 43.7. The highest BCUT2D eigenvalue weighted by Crippen LogP contribution is 2.38. The molecule has 0 saturated heterocycles. The average molecular weight is 653 g/mol. The molecule has 17 heteroatoms. The number of carboxylic acid groups (broad SMARTS) is 1. The second kappa shape index (κ2) is 12.6. The van der Waals surface area contributed by atoms with Gasteiger partial charge in [0.1, 0.15) is 10.6 Å². The summed E-state index contributed by atoms with van der Waals surface area (Å²) in [6.07, 6.45) is 5.42. The molecule has 3 aliphatic rings. The molecule has 0 saturated carbocycles. The van der Waals surface area contributed by atoms with E-state index in [-0.39, 0.29) is 22.8 Å². The summed E-state index contributed by atoms with van der Waals surface area (Å²) in [4.78, 5) is 26.0. The summed E-state index contributed by atoms with van der Waals surface area (Å²) >= 11 is 3.61. The van der Waals surface area contributed by atoms with Crippen molar-refractivity contribution in [2.45, 2.75) is 24.7 Å². The quantitative estimate of drug-likeness (QED) is 0.378. The summed E-state index contributed by atoms with van der Waals surface area (Å²) in [6, 6.07) is 9.89. The average Bonchev–Trinajstić information content (AvgIpc) is 3.40. The molecule has 0 atom stereocenters. The Hall–Kier alpha value is -2.80. The van der Waals surface area contributed by atoms with Crippen LogP contribution in [0, 0.1) is 6.92 Å². The minimum atomic E-state index is -4.01. The van der Waals surface area contributed by atoms with Gasteiger partial charge in [-0.3, -0.25) is 14.5 Å². The normalized spacial score (nSPS) is 19.0. The molecule has 0 spiro atoms. The van der Waals surface area contributed by atoms with E-state index in [4.69, 9.17) is 4.74 Å². The van der Waals surface area contributed by atoms with Crippen molar-refractivity contribution in [3.63, 3.8) is 0 Å². The Morgan fingerprint density at radius 3 is 2.80 bits per heavy atom. The lowest BCUT2D eigenvalue weighted by Crippen LogP contribution is -2.38. The lowest BCUT2D eigenvalue weighted by Gasteiger charge is -2.31. The molecule has 0 bridgehead atoms. The Morgan fingerprint density at radius 1 is 1.20 bits per heavy atom. The van der Waals surface area contributed by atoms with E-state index in [9.17, 15) is 23.1 Å². The van der Waals surface area contributed by atoms with Crippen LogP contribution in [0.15, 0.2) is 68.8 Å². The number of aryl methyl sites for hydroxylation is 2. The number of nitrogens with one attached hydrogen (secondary N) is 2. The van der Waals surface area contributed by atoms with Crippen molar-refractivity contribution in [3.05, 3.63) is 76.2 Å². The van der Waals surface area contributed by atoms with E-state index < -0.39 is 22.0 Å². The van der Waals surface area contributed by atoms with Gasteiger partial charge in [0.05, 0.1) is 59.8 Å². The van der Waals surface area contributed by atoms with Crippen molar-refractivity contribution in [3.8, 4) is 5.75 Å². The zero-order valence-corrected chi connectivity index (χ0v) is 25.7. The summed E-state index contributed by atoms with van der Waals surface area (Å²) in [7, 11) is -2.58. The van der Waals surface area contributed by atoms with Gasteiger partial charge in [-0.2, -0.15) is 12.2 Å². The van der Waals surface area contributed by atoms with Crippen LogP contribution in [0.4, 0.5) is 10.5 Å². The first-order chi connectivity index (χ1) is 19.7. The number of hydrogen-bond donors (Lipinski definition) is 3. The molecule has 2 amide bonds. The van der Waals surface area contributed by atoms with E-state index in [0.29, 0.717) is 29.1 Å². The number of fused-ring (bicyclic) bond motifs is 2. The Bertz CT molecular complexity index is 1580. The fraction of sp³-hybridized carbons (Fsp3) is 0.208. The van der Waals surface area contributed by atoms with Crippen LogP contribution in [-0.2, 0) is 16.4 Å². The largest absolute Gasteiger partial charge is 0.495 e. The molecule has 0 unspecified atom stereocenters. The van der Waals surface area contributed by atoms with Crippen molar-refractivity contribution in [1.82, 2.24) is 17.1 Å².